The Morgan fingerprint density at radius 2 is 2.02 bits per heavy atom. The molecule has 11 nitrogen and oxygen atoms in total. The summed E-state index contributed by atoms with van der Waals surface area (Å²) >= 11 is 0. The maximum absolute atomic E-state index is 12.5. The van der Waals surface area contributed by atoms with Gasteiger partial charge in [-0.15, -0.1) is 0 Å². The first kappa shape index (κ1) is 26.0. The molecule has 0 radical (unpaired) electrons. The number of amides is 2. The number of nitrogens with one attached hydrogen (secondary N) is 3. The first-order valence-corrected chi connectivity index (χ1v) is 13.7. The van der Waals surface area contributed by atoms with Crippen molar-refractivity contribution in [2.24, 2.45) is 0 Å². The quantitative estimate of drug-likeness (QED) is 0.348. The zero-order chi connectivity index (χ0) is 27.3. The van der Waals surface area contributed by atoms with Crippen molar-refractivity contribution in [1.29, 1.82) is 0 Å². The Morgan fingerprint density at radius 1 is 1.10 bits per heavy atom. The van der Waals surface area contributed by atoms with E-state index >= 15 is 0 Å². The first-order valence-electron chi connectivity index (χ1n) is 13.7. The highest BCUT2D eigenvalue weighted by atomic mass is 16.6. The Balaban J connectivity index is 0.996. The summed E-state index contributed by atoms with van der Waals surface area (Å²) in [4.78, 5) is 34.7. The van der Waals surface area contributed by atoms with Crippen molar-refractivity contribution in [3.63, 3.8) is 0 Å². The van der Waals surface area contributed by atoms with Gasteiger partial charge in [0.05, 0.1) is 12.2 Å². The number of carbonyl (C=O) groups excluding carboxylic acids is 2. The van der Waals surface area contributed by atoms with Gasteiger partial charge in [0.15, 0.2) is 18.2 Å². The molecule has 5 heterocycles. The normalized spacial score (nSPS) is 20.4. The van der Waals surface area contributed by atoms with Gasteiger partial charge in [-0.1, -0.05) is 24.3 Å². The van der Waals surface area contributed by atoms with E-state index in [1.807, 2.05) is 24.3 Å². The minimum atomic E-state index is -0.452. The predicted molar refractivity (Wildman–Crippen MR) is 148 cm³/mol. The van der Waals surface area contributed by atoms with Crippen LogP contribution in [0.1, 0.15) is 24.8 Å². The number of cyclic esters (lactones) is 1. The molecular formula is C29H32N6O5. The summed E-state index contributed by atoms with van der Waals surface area (Å²) in [6.07, 6.45) is 2.25. The van der Waals surface area contributed by atoms with E-state index in [1.165, 1.54) is 4.90 Å². The smallest absolute Gasteiger partial charge is 0.415 e. The lowest BCUT2D eigenvalue weighted by Crippen LogP contribution is -2.37. The lowest BCUT2D eigenvalue weighted by Gasteiger charge is -2.23. The summed E-state index contributed by atoms with van der Waals surface area (Å²) < 4.78 is 17.0. The van der Waals surface area contributed by atoms with E-state index in [-0.39, 0.29) is 24.7 Å². The number of rotatable bonds is 9. The van der Waals surface area contributed by atoms with Gasteiger partial charge in [-0.3, -0.25) is 9.69 Å². The number of hydrogen-bond acceptors (Lipinski definition) is 9. The third-order valence-corrected chi connectivity index (χ3v) is 7.07. The number of pyridine rings is 2. The fourth-order valence-corrected chi connectivity index (χ4v) is 5.03. The summed E-state index contributed by atoms with van der Waals surface area (Å²) in [6, 6.07) is 17.6. The molecule has 208 valence electrons. The van der Waals surface area contributed by atoms with E-state index in [0.29, 0.717) is 49.3 Å². The standard InChI is InChI=1S/C29H32N6O5/c36-26-18-38-24-9-10-25(33-28(24)34-26)35-17-22(40-29(35)37)11-13-31-15-19-4-1-5-20(14-19)23-7-2-8-27(32-23)39-21-6-3-12-30-16-21/h1-2,4-5,7-10,14,21-22,30-31H,3,6,11-13,15-18H2,(H,33,34,36). The Kier molecular flexibility index (Phi) is 7.73. The highest BCUT2D eigenvalue weighted by Gasteiger charge is 2.33. The molecule has 2 unspecified atom stereocenters. The largest absolute Gasteiger partial charge is 0.480 e. The number of nitrogens with zero attached hydrogens (tertiary/aromatic N) is 3. The molecule has 1 aromatic carbocycles. The monoisotopic (exact) mass is 544 g/mol. The molecule has 2 aromatic heterocycles. The van der Waals surface area contributed by atoms with Crippen LogP contribution >= 0.6 is 0 Å². The maximum Gasteiger partial charge on any atom is 0.415 e. The van der Waals surface area contributed by atoms with Gasteiger partial charge in [0.25, 0.3) is 5.91 Å². The van der Waals surface area contributed by atoms with Gasteiger partial charge in [0.2, 0.25) is 5.88 Å². The first-order chi connectivity index (χ1) is 19.6. The number of anilines is 2. The summed E-state index contributed by atoms with van der Waals surface area (Å²) in [6.45, 7) is 3.59. The van der Waals surface area contributed by atoms with Crippen LogP contribution in [0.5, 0.6) is 11.6 Å². The van der Waals surface area contributed by atoms with Crippen LogP contribution in [-0.2, 0) is 16.1 Å². The summed E-state index contributed by atoms with van der Waals surface area (Å²) in [5.74, 6) is 1.58. The molecular weight excluding hydrogens is 512 g/mol. The van der Waals surface area contributed by atoms with Gasteiger partial charge in [-0.05, 0) is 62.2 Å². The van der Waals surface area contributed by atoms with Crippen LogP contribution in [0.2, 0.25) is 0 Å². The van der Waals surface area contributed by atoms with E-state index in [1.54, 1.807) is 12.1 Å². The minimum absolute atomic E-state index is 0.0450. The third kappa shape index (κ3) is 6.16. The van der Waals surface area contributed by atoms with E-state index < -0.39 is 6.09 Å². The molecule has 0 aliphatic carbocycles. The number of ether oxygens (including phenoxy) is 3. The predicted octanol–water partition coefficient (Wildman–Crippen LogP) is 3.11. The lowest BCUT2D eigenvalue weighted by atomic mass is 10.1. The topological polar surface area (TPSA) is 127 Å². The molecule has 11 heteroatoms. The number of hydrogen-bond donors (Lipinski definition) is 3. The molecule has 3 aliphatic rings. The summed E-state index contributed by atoms with van der Waals surface area (Å²) in [5.41, 5.74) is 3.05. The number of aromatic nitrogens is 2. The zero-order valence-electron chi connectivity index (χ0n) is 22.1. The van der Waals surface area contributed by atoms with E-state index in [2.05, 4.69) is 39.1 Å². The molecule has 3 aliphatic heterocycles. The van der Waals surface area contributed by atoms with Crippen molar-refractivity contribution >= 4 is 23.6 Å². The van der Waals surface area contributed by atoms with Crippen molar-refractivity contribution in [3.05, 3.63) is 60.2 Å². The highest BCUT2D eigenvalue weighted by molar-refractivity contribution is 5.95. The zero-order valence-corrected chi connectivity index (χ0v) is 22.1. The van der Waals surface area contributed by atoms with Crippen LogP contribution in [0.25, 0.3) is 11.3 Å². The van der Waals surface area contributed by atoms with E-state index in [4.69, 9.17) is 19.2 Å². The number of carbonyl (C=O) groups is 2. The molecule has 2 fully saturated rings. The maximum atomic E-state index is 12.5. The van der Waals surface area contributed by atoms with Crippen LogP contribution in [0.3, 0.4) is 0 Å². The lowest BCUT2D eigenvalue weighted by molar-refractivity contribution is -0.118. The van der Waals surface area contributed by atoms with Gasteiger partial charge in [0, 0.05) is 24.7 Å². The summed E-state index contributed by atoms with van der Waals surface area (Å²) in [7, 11) is 0. The van der Waals surface area contributed by atoms with Crippen molar-refractivity contribution < 1.29 is 23.8 Å². The average molecular weight is 545 g/mol. The molecule has 0 saturated carbocycles. The Labute approximate surface area is 232 Å². The van der Waals surface area contributed by atoms with Crippen molar-refractivity contribution in [3.8, 4) is 22.9 Å². The highest BCUT2D eigenvalue weighted by Crippen LogP contribution is 2.30. The molecule has 3 aromatic rings. The molecule has 3 N–H and O–H groups in total. The fraction of sp³-hybridized carbons (Fsp3) is 0.379. The molecule has 0 bridgehead atoms. The summed E-state index contributed by atoms with van der Waals surface area (Å²) in [5, 5.41) is 9.48. The number of fused-ring (bicyclic) bond motifs is 1. The van der Waals surface area contributed by atoms with Gasteiger partial charge < -0.3 is 30.2 Å². The second kappa shape index (κ2) is 11.9. The van der Waals surface area contributed by atoms with Crippen LogP contribution in [-0.4, -0.2) is 67.0 Å². The third-order valence-electron chi connectivity index (χ3n) is 7.07. The van der Waals surface area contributed by atoms with Gasteiger partial charge in [0.1, 0.15) is 18.0 Å². The molecule has 6 rings (SSSR count). The van der Waals surface area contributed by atoms with E-state index in [9.17, 15) is 9.59 Å². The van der Waals surface area contributed by atoms with Crippen LogP contribution in [0.4, 0.5) is 16.4 Å². The molecule has 40 heavy (non-hydrogen) atoms. The minimum Gasteiger partial charge on any atom is -0.480 e. The van der Waals surface area contributed by atoms with Crippen LogP contribution < -0.4 is 30.3 Å². The molecule has 0 spiro atoms. The van der Waals surface area contributed by atoms with Gasteiger partial charge >= 0.3 is 6.09 Å². The Bertz CT molecular complexity index is 1380. The second-order valence-corrected chi connectivity index (χ2v) is 10.1. The van der Waals surface area contributed by atoms with Gasteiger partial charge in [-0.25, -0.2) is 14.8 Å². The average Bonchev–Trinajstić information content (AvgIpc) is 3.36. The van der Waals surface area contributed by atoms with Gasteiger partial charge in [-0.2, -0.15) is 0 Å². The molecule has 2 saturated heterocycles. The fourth-order valence-electron chi connectivity index (χ4n) is 5.03. The second-order valence-electron chi connectivity index (χ2n) is 10.1. The molecule has 2 amide bonds. The van der Waals surface area contributed by atoms with Crippen molar-refractivity contribution in [2.45, 2.75) is 38.0 Å². The SMILES string of the molecule is O=C1COc2ccc(N3CC(CCNCc4cccc(-c5cccc(OC6CCCNC6)n5)c4)OC3=O)nc2N1. The van der Waals surface area contributed by atoms with Crippen LogP contribution in [0, 0.1) is 0 Å². The Morgan fingerprint density at radius 3 is 2.92 bits per heavy atom. The van der Waals surface area contributed by atoms with Crippen molar-refractivity contribution in [1.82, 2.24) is 20.6 Å². The van der Waals surface area contributed by atoms with Crippen LogP contribution in [0.15, 0.2) is 54.6 Å². The number of benzene rings is 1. The van der Waals surface area contributed by atoms with Crippen molar-refractivity contribution in [2.75, 3.05) is 43.0 Å². The molecule has 2 atom stereocenters. The number of piperidine rings is 1. The van der Waals surface area contributed by atoms with E-state index in [0.717, 1.165) is 42.8 Å². The Hall–Kier alpha value is -4.22.